The molecule has 1 saturated heterocycles. The molecular formula is C14H17Cl2N3. The first-order valence-corrected chi connectivity index (χ1v) is 7.52. The van der Waals surface area contributed by atoms with Crippen LogP contribution in [0.4, 0.5) is 0 Å². The molecule has 0 bridgehead atoms. The highest BCUT2D eigenvalue weighted by Gasteiger charge is 2.25. The summed E-state index contributed by atoms with van der Waals surface area (Å²) in [4.78, 5) is 7.05. The van der Waals surface area contributed by atoms with E-state index in [1.807, 2.05) is 12.1 Å². The zero-order valence-corrected chi connectivity index (χ0v) is 12.5. The number of hydrogen-bond acceptors (Lipinski definition) is 2. The number of aryl methyl sites for hydroxylation is 1. The highest BCUT2D eigenvalue weighted by Crippen LogP contribution is 2.30. The molecule has 0 aliphatic carbocycles. The first-order chi connectivity index (χ1) is 9.20. The van der Waals surface area contributed by atoms with Crippen LogP contribution in [-0.2, 0) is 6.42 Å². The molecule has 0 radical (unpaired) electrons. The number of likely N-dealkylation sites (tertiary alicyclic amines) is 1. The van der Waals surface area contributed by atoms with Crippen LogP contribution in [0, 0.1) is 0 Å². The highest BCUT2D eigenvalue weighted by molar-refractivity contribution is 6.34. The molecule has 0 saturated carbocycles. The van der Waals surface area contributed by atoms with E-state index in [4.69, 9.17) is 28.2 Å². The van der Waals surface area contributed by atoms with Gasteiger partial charge in [0.1, 0.15) is 11.3 Å². The summed E-state index contributed by atoms with van der Waals surface area (Å²) in [7, 11) is 2.16. The third-order valence-electron chi connectivity index (χ3n) is 3.79. The zero-order valence-electron chi connectivity index (χ0n) is 10.9. The highest BCUT2D eigenvalue weighted by atomic mass is 35.5. The van der Waals surface area contributed by atoms with Gasteiger partial charge >= 0.3 is 0 Å². The van der Waals surface area contributed by atoms with Gasteiger partial charge in [-0.15, -0.1) is 11.6 Å². The predicted octanol–water partition coefficient (Wildman–Crippen LogP) is 3.35. The normalized spacial score (nSPS) is 20.5. The molecule has 0 N–H and O–H groups in total. The second-order valence-corrected chi connectivity index (χ2v) is 5.93. The van der Waals surface area contributed by atoms with Crippen molar-refractivity contribution < 1.29 is 0 Å². The molecule has 1 atom stereocenters. The average Bonchev–Trinajstić information content (AvgIpc) is 2.94. The second kappa shape index (κ2) is 5.31. The van der Waals surface area contributed by atoms with Crippen LogP contribution >= 0.6 is 23.2 Å². The minimum absolute atomic E-state index is 0.478. The molecule has 1 fully saturated rings. The lowest BCUT2D eigenvalue weighted by Crippen LogP contribution is -2.18. The smallest absolute Gasteiger partial charge is 0.111 e. The van der Waals surface area contributed by atoms with Crippen LogP contribution in [0.5, 0.6) is 0 Å². The molecule has 1 aromatic carbocycles. The van der Waals surface area contributed by atoms with Gasteiger partial charge in [-0.2, -0.15) is 0 Å². The van der Waals surface area contributed by atoms with E-state index in [1.165, 1.54) is 0 Å². The summed E-state index contributed by atoms with van der Waals surface area (Å²) in [5.74, 6) is 1.64. The molecule has 1 unspecified atom stereocenters. The van der Waals surface area contributed by atoms with Crippen LogP contribution in [-0.4, -0.2) is 40.5 Å². The first kappa shape index (κ1) is 13.2. The first-order valence-electron chi connectivity index (χ1n) is 6.60. The van der Waals surface area contributed by atoms with Gasteiger partial charge in [0.05, 0.1) is 10.5 Å². The summed E-state index contributed by atoms with van der Waals surface area (Å²) in [6, 6.07) is 6.47. The van der Waals surface area contributed by atoms with Crippen molar-refractivity contribution >= 4 is 34.2 Å². The van der Waals surface area contributed by atoms with Crippen LogP contribution < -0.4 is 0 Å². The number of halogens is 2. The number of alkyl halides is 1. The molecule has 1 aromatic heterocycles. The molecule has 102 valence electrons. The average molecular weight is 298 g/mol. The Morgan fingerprint density at radius 1 is 1.42 bits per heavy atom. The van der Waals surface area contributed by atoms with Gasteiger partial charge in [-0.25, -0.2) is 4.98 Å². The van der Waals surface area contributed by atoms with E-state index >= 15 is 0 Å². The third-order valence-corrected chi connectivity index (χ3v) is 4.29. The quantitative estimate of drug-likeness (QED) is 0.810. The van der Waals surface area contributed by atoms with E-state index < -0.39 is 0 Å². The number of likely N-dealkylation sites (N-methyl/N-ethyl adjacent to an activating group) is 1. The fraction of sp³-hybridized carbons (Fsp3) is 0.500. The summed E-state index contributed by atoms with van der Waals surface area (Å²) in [6.07, 6.45) is 1.94. The van der Waals surface area contributed by atoms with Crippen molar-refractivity contribution in [2.24, 2.45) is 0 Å². The summed E-state index contributed by atoms with van der Waals surface area (Å²) < 4.78 is 2.34. The molecule has 0 amide bonds. The van der Waals surface area contributed by atoms with Crippen LogP contribution in [0.1, 0.15) is 18.3 Å². The number of aromatic nitrogens is 2. The third kappa shape index (κ3) is 2.35. The van der Waals surface area contributed by atoms with Gasteiger partial charge in [-0.3, -0.25) is 0 Å². The zero-order chi connectivity index (χ0) is 13.4. The van der Waals surface area contributed by atoms with E-state index in [1.54, 1.807) is 0 Å². The maximum atomic E-state index is 6.26. The molecular weight excluding hydrogens is 281 g/mol. The van der Waals surface area contributed by atoms with Crippen molar-refractivity contribution in [1.29, 1.82) is 0 Å². The van der Waals surface area contributed by atoms with E-state index in [9.17, 15) is 0 Å². The Bertz CT molecular complexity index is 594. The van der Waals surface area contributed by atoms with Crippen molar-refractivity contribution in [2.75, 3.05) is 26.0 Å². The molecule has 19 heavy (non-hydrogen) atoms. The Balaban J connectivity index is 2.14. The molecule has 2 heterocycles. The minimum atomic E-state index is 0.478. The summed E-state index contributed by atoms with van der Waals surface area (Å²) in [6.45, 7) is 2.19. The molecule has 2 aromatic rings. The topological polar surface area (TPSA) is 21.1 Å². The van der Waals surface area contributed by atoms with Crippen molar-refractivity contribution in [3.63, 3.8) is 0 Å². The van der Waals surface area contributed by atoms with Crippen LogP contribution in [0.25, 0.3) is 11.0 Å². The number of hydrogen-bond donors (Lipinski definition) is 0. The van der Waals surface area contributed by atoms with Crippen molar-refractivity contribution in [1.82, 2.24) is 14.5 Å². The Labute approximate surface area is 123 Å². The molecule has 0 spiro atoms. The number of benzene rings is 1. The Kier molecular flexibility index (Phi) is 3.70. The molecule has 3 nitrogen and oxygen atoms in total. The Morgan fingerprint density at radius 3 is 2.95 bits per heavy atom. The fourth-order valence-electron chi connectivity index (χ4n) is 2.92. The molecule has 1 aliphatic rings. The van der Waals surface area contributed by atoms with Gasteiger partial charge in [0, 0.05) is 24.9 Å². The maximum Gasteiger partial charge on any atom is 0.111 e. The largest absolute Gasteiger partial charge is 0.323 e. The van der Waals surface area contributed by atoms with Crippen molar-refractivity contribution in [3.8, 4) is 0 Å². The number of para-hydroxylation sites is 1. The lowest BCUT2D eigenvalue weighted by Gasteiger charge is -2.16. The summed E-state index contributed by atoms with van der Waals surface area (Å²) >= 11 is 12.2. The number of nitrogens with zero attached hydrogens (tertiary/aromatic N) is 3. The molecule has 3 rings (SSSR count). The van der Waals surface area contributed by atoms with Crippen LogP contribution in [0.3, 0.4) is 0 Å². The predicted molar refractivity (Wildman–Crippen MR) is 80.3 cm³/mol. The molecule has 1 aliphatic heterocycles. The standard InChI is InChI=1S/C14H17Cl2N3/c1-18-8-6-10(9-18)19-12-4-2-3-11(16)14(12)17-13(19)5-7-15/h2-4,10H,5-9H2,1H3. The number of rotatable bonds is 3. The number of imidazole rings is 1. The van der Waals surface area contributed by atoms with Crippen LogP contribution in [0.15, 0.2) is 18.2 Å². The van der Waals surface area contributed by atoms with E-state index in [-0.39, 0.29) is 0 Å². The second-order valence-electron chi connectivity index (χ2n) is 5.15. The van der Waals surface area contributed by atoms with Gasteiger partial charge in [-0.1, -0.05) is 17.7 Å². The summed E-state index contributed by atoms with van der Waals surface area (Å²) in [5, 5.41) is 0.721. The monoisotopic (exact) mass is 297 g/mol. The van der Waals surface area contributed by atoms with E-state index in [2.05, 4.69) is 22.6 Å². The maximum absolute atomic E-state index is 6.26. The SMILES string of the molecule is CN1CCC(n2c(CCCl)nc3c(Cl)cccc32)C1. The summed E-state index contributed by atoms with van der Waals surface area (Å²) in [5.41, 5.74) is 2.03. The van der Waals surface area contributed by atoms with E-state index in [0.717, 1.165) is 47.8 Å². The van der Waals surface area contributed by atoms with Gasteiger partial charge < -0.3 is 9.47 Å². The van der Waals surface area contributed by atoms with Gasteiger partial charge in [0.2, 0.25) is 0 Å². The number of fused-ring (bicyclic) bond motifs is 1. The van der Waals surface area contributed by atoms with Gasteiger partial charge in [0.15, 0.2) is 0 Å². The minimum Gasteiger partial charge on any atom is -0.323 e. The lowest BCUT2D eigenvalue weighted by atomic mass is 10.2. The van der Waals surface area contributed by atoms with E-state index in [0.29, 0.717) is 11.9 Å². The molecule has 5 heteroatoms. The van der Waals surface area contributed by atoms with Crippen molar-refractivity contribution in [3.05, 3.63) is 29.0 Å². The lowest BCUT2D eigenvalue weighted by molar-refractivity contribution is 0.392. The van der Waals surface area contributed by atoms with Gasteiger partial charge in [0.25, 0.3) is 0 Å². The Hall–Kier alpha value is -0.770. The van der Waals surface area contributed by atoms with Crippen molar-refractivity contribution in [2.45, 2.75) is 18.9 Å². The van der Waals surface area contributed by atoms with Crippen LogP contribution in [0.2, 0.25) is 5.02 Å². The fourth-order valence-corrected chi connectivity index (χ4v) is 3.30. The van der Waals surface area contributed by atoms with Gasteiger partial charge in [-0.05, 0) is 32.1 Å². The Morgan fingerprint density at radius 2 is 2.26 bits per heavy atom.